The van der Waals surface area contributed by atoms with Crippen molar-refractivity contribution >= 4 is 0 Å². The number of rotatable bonds is 3. The molecular formula is C14H23N3O. The summed E-state index contributed by atoms with van der Waals surface area (Å²) in [6.07, 6.45) is 8.64. The first-order valence-corrected chi connectivity index (χ1v) is 7.19. The van der Waals surface area contributed by atoms with E-state index in [1.54, 1.807) is 0 Å². The summed E-state index contributed by atoms with van der Waals surface area (Å²) in [5.41, 5.74) is 0.828. The molecule has 1 aliphatic carbocycles. The molecule has 2 aliphatic rings. The zero-order chi connectivity index (χ0) is 12.4. The second-order valence-corrected chi connectivity index (χ2v) is 6.02. The van der Waals surface area contributed by atoms with Crippen LogP contribution in [0.2, 0.25) is 0 Å². The second kappa shape index (κ2) is 5.02. The molecule has 1 saturated carbocycles. The van der Waals surface area contributed by atoms with Gasteiger partial charge in [-0.3, -0.25) is 10.00 Å². The van der Waals surface area contributed by atoms with Gasteiger partial charge in [-0.1, -0.05) is 19.3 Å². The van der Waals surface area contributed by atoms with E-state index in [9.17, 15) is 5.11 Å². The number of likely N-dealkylation sites (tertiary alicyclic amines) is 1. The van der Waals surface area contributed by atoms with Crippen LogP contribution in [0.25, 0.3) is 0 Å². The van der Waals surface area contributed by atoms with Crippen molar-refractivity contribution < 1.29 is 5.11 Å². The number of β-amino-alcohol motifs (C(OH)–C–C–N with tert-alkyl or cyclic N) is 1. The number of aliphatic hydroxyl groups is 1. The Bertz CT molecular complexity index is 370. The highest BCUT2D eigenvalue weighted by Crippen LogP contribution is 2.32. The summed E-state index contributed by atoms with van der Waals surface area (Å²) in [6, 6.07) is 2.07. The normalized spacial score (nSPS) is 28.6. The van der Waals surface area contributed by atoms with Gasteiger partial charge >= 0.3 is 0 Å². The van der Waals surface area contributed by atoms with Crippen molar-refractivity contribution in [3.8, 4) is 0 Å². The van der Waals surface area contributed by atoms with Gasteiger partial charge in [0.05, 0.1) is 5.60 Å². The van der Waals surface area contributed by atoms with Crippen LogP contribution in [-0.2, 0) is 0 Å². The minimum atomic E-state index is -0.416. The van der Waals surface area contributed by atoms with Gasteiger partial charge in [0.1, 0.15) is 0 Å². The molecule has 4 heteroatoms. The average molecular weight is 249 g/mol. The lowest BCUT2D eigenvalue weighted by molar-refractivity contribution is -0.0216. The summed E-state index contributed by atoms with van der Waals surface area (Å²) >= 11 is 0. The van der Waals surface area contributed by atoms with E-state index in [4.69, 9.17) is 0 Å². The lowest BCUT2D eigenvalue weighted by Crippen LogP contribution is -2.43. The molecule has 100 valence electrons. The predicted octanol–water partition coefficient (Wildman–Crippen LogP) is 1.89. The Kier molecular flexibility index (Phi) is 3.39. The molecule has 4 nitrogen and oxygen atoms in total. The molecular weight excluding hydrogens is 226 g/mol. The Morgan fingerprint density at radius 3 is 2.94 bits per heavy atom. The lowest BCUT2D eigenvalue weighted by Gasteiger charge is -2.35. The van der Waals surface area contributed by atoms with Crippen LogP contribution >= 0.6 is 0 Å². The molecule has 1 aromatic heterocycles. The third kappa shape index (κ3) is 2.59. The molecule has 2 fully saturated rings. The largest absolute Gasteiger partial charge is 0.389 e. The van der Waals surface area contributed by atoms with Crippen molar-refractivity contribution in [1.82, 2.24) is 15.1 Å². The third-order valence-corrected chi connectivity index (χ3v) is 4.54. The van der Waals surface area contributed by atoms with Crippen LogP contribution in [0.4, 0.5) is 0 Å². The second-order valence-electron chi connectivity index (χ2n) is 6.02. The van der Waals surface area contributed by atoms with Gasteiger partial charge in [0.15, 0.2) is 0 Å². The lowest BCUT2D eigenvalue weighted by atomic mass is 9.84. The van der Waals surface area contributed by atoms with Crippen LogP contribution in [-0.4, -0.2) is 45.4 Å². The van der Waals surface area contributed by atoms with Gasteiger partial charge in [-0.15, -0.1) is 0 Å². The van der Waals surface area contributed by atoms with Crippen molar-refractivity contribution in [1.29, 1.82) is 0 Å². The summed E-state index contributed by atoms with van der Waals surface area (Å²) in [5, 5.41) is 17.7. The van der Waals surface area contributed by atoms with Crippen molar-refractivity contribution in [2.24, 2.45) is 0 Å². The maximum absolute atomic E-state index is 10.6. The van der Waals surface area contributed by atoms with Crippen molar-refractivity contribution in [3.05, 3.63) is 18.0 Å². The molecule has 2 heterocycles. The SMILES string of the molecule is OC1(CN2CC[C@H](c3ccn[nH]3)C2)CCCCC1. The van der Waals surface area contributed by atoms with Gasteiger partial charge in [0.2, 0.25) is 0 Å². The van der Waals surface area contributed by atoms with E-state index < -0.39 is 5.60 Å². The van der Waals surface area contributed by atoms with Gasteiger partial charge in [-0.2, -0.15) is 5.10 Å². The molecule has 0 bridgehead atoms. The Morgan fingerprint density at radius 2 is 2.22 bits per heavy atom. The molecule has 1 saturated heterocycles. The van der Waals surface area contributed by atoms with E-state index in [2.05, 4.69) is 21.2 Å². The molecule has 0 spiro atoms. The summed E-state index contributed by atoms with van der Waals surface area (Å²) < 4.78 is 0. The molecule has 0 unspecified atom stereocenters. The van der Waals surface area contributed by atoms with Crippen molar-refractivity contribution in [2.45, 2.75) is 50.0 Å². The van der Waals surface area contributed by atoms with Crippen LogP contribution in [0.3, 0.4) is 0 Å². The first-order valence-electron chi connectivity index (χ1n) is 7.19. The van der Waals surface area contributed by atoms with Crippen LogP contribution in [0.5, 0.6) is 0 Å². The first-order chi connectivity index (χ1) is 8.75. The minimum Gasteiger partial charge on any atom is -0.389 e. The summed E-state index contributed by atoms with van der Waals surface area (Å²) in [7, 11) is 0. The molecule has 18 heavy (non-hydrogen) atoms. The summed E-state index contributed by atoms with van der Waals surface area (Å²) in [6.45, 7) is 3.02. The van der Waals surface area contributed by atoms with E-state index in [1.807, 2.05) is 6.20 Å². The molecule has 0 radical (unpaired) electrons. The smallest absolute Gasteiger partial charge is 0.0774 e. The number of nitrogens with one attached hydrogen (secondary N) is 1. The van der Waals surface area contributed by atoms with Crippen LogP contribution in [0, 0.1) is 0 Å². The summed E-state index contributed by atoms with van der Waals surface area (Å²) in [4.78, 5) is 2.43. The van der Waals surface area contributed by atoms with E-state index in [0.29, 0.717) is 5.92 Å². The standard InChI is InChI=1S/C14H23N3O/c18-14(6-2-1-3-7-14)11-17-9-5-12(10-17)13-4-8-15-16-13/h4,8,12,18H,1-3,5-7,9-11H2,(H,15,16)/t12-/m0/s1. The van der Waals surface area contributed by atoms with Crippen LogP contribution < -0.4 is 0 Å². The average Bonchev–Trinajstić information content (AvgIpc) is 2.99. The molecule has 1 aliphatic heterocycles. The highest BCUT2D eigenvalue weighted by Gasteiger charge is 2.34. The molecule has 3 rings (SSSR count). The quantitative estimate of drug-likeness (QED) is 0.860. The van der Waals surface area contributed by atoms with E-state index in [-0.39, 0.29) is 0 Å². The zero-order valence-corrected chi connectivity index (χ0v) is 10.9. The monoisotopic (exact) mass is 249 g/mol. The number of hydrogen-bond donors (Lipinski definition) is 2. The van der Waals surface area contributed by atoms with Crippen molar-refractivity contribution in [3.63, 3.8) is 0 Å². The topological polar surface area (TPSA) is 52.1 Å². The van der Waals surface area contributed by atoms with Gasteiger partial charge in [-0.05, 0) is 31.9 Å². The number of H-pyrrole nitrogens is 1. The van der Waals surface area contributed by atoms with E-state index in [0.717, 1.165) is 32.5 Å². The maximum Gasteiger partial charge on any atom is 0.0774 e. The van der Waals surface area contributed by atoms with E-state index >= 15 is 0 Å². The fourth-order valence-electron chi connectivity index (χ4n) is 3.51. The third-order valence-electron chi connectivity index (χ3n) is 4.54. The number of hydrogen-bond acceptors (Lipinski definition) is 3. The van der Waals surface area contributed by atoms with Crippen molar-refractivity contribution in [2.75, 3.05) is 19.6 Å². The Morgan fingerprint density at radius 1 is 1.39 bits per heavy atom. The van der Waals surface area contributed by atoms with Crippen LogP contribution in [0.15, 0.2) is 12.3 Å². The fraction of sp³-hybridized carbons (Fsp3) is 0.786. The number of aromatic amines is 1. The number of aromatic nitrogens is 2. The predicted molar refractivity (Wildman–Crippen MR) is 70.4 cm³/mol. The summed E-state index contributed by atoms with van der Waals surface area (Å²) in [5.74, 6) is 0.569. The van der Waals surface area contributed by atoms with Gasteiger partial charge in [0, 0.05) is 30.9 Å². The molecule has 0 amide bonds. The molecule has 0 aromatic carbocycles. The first kappa shape index (κ1) is 12.2. The Balaban J connectivity index is 1.56. The van der Waals surface area contributed by atoms with E-state index in [1.165, 1.54) is 31.4 Å². The molecule has 1 atom stereocenters. The van der Waals surface area contributed by atoms with Gasteiger partial charge in [0.25, 0.3) is 0 Å². The Labute approximate surface area is 108 Å². The van der Waals surface area contributed by atoms with Gasteiger partial charge in [-0.25, -0.2) is 0 Å². The fourth-order valence-corrected chi connectivity index (χ4v) is 3.51. The van der Waals surface area contributed by atoms with Crippen LogP contribution in [0.1, 0.15) is 50.1 Å². The molecule has 2 N–H and O–H groups in total. The number of nitrogens with zero attached hydrogens (tertiary/aromatic N) is 2. The highest BCUT2D eigenvalue weighted by molar-refractivity contribution is 5.09. The minimum absolute atomic E-state index is 0.416. The van der Waals surface area contributed by atoms with Gasteiger partial charge < -0.3 is 5.11 Å². The zero-order valence-electron chi connectivity index (χ0n) is 10.9. The molecule has 1 aromatic rings. The maximum atomic E-state index is 10.6. The Hall–Kier alpha value is -0.870. The highest BCUT2D eigenvalue weighted by atomic mass is 16.3.